The molecule has 0 atom stereocenters. The van der Waals surface area contributed by atoms with Gasteiger partial charge in [-0.25, -0.2) is 4.98 Å². The fourth-order valence-electron chi connectivity index (χ4n) is 1.59. The second-order valence-electron chi connectivity index (χ2n) is 3.45. The van der Waals surface area contributed by atoms with Crippen LogP contribution in [-0.2, 0) is 6.42 Å². The van der Waals surface area contributed by atoms with E-state index in [1.54, 1.807) is 6.07 Å². The van der Waals surface area contributed by atoms with Crippen LogP contribution in [0.15, 0.2) is 16.9 Å². The molecule has 1 N–H and O–H groups in total. The van der Waals surface area contributed by atoms with Crippen molar-refractivity contribution in [1.29, 1.82) is 0 Å². The molecule has 0 aliphatic heterocycles. The maximum Gasteiger partial charge on any atom is 0.259 e. The first-order valence-electron chi connectivity index (χ1n) is 4.81. The van der Waals surface area contributed by atoms with Crippen LogP contribution in [0.3, 0.4) is 0 Å². The van der Waals surface area contributed by atoms with Crippen LogP contribution in [0, 0.1) is 6.92 Å². The SMILES string of the molecule is CCc1nc2c(Cl)ccc(C)c2c(=O)[nH]1. The van der Waals surface area contributed by atoms with Crippen molar-refractivity contribution in [3.63, 3.8) is 0 Å². The van der Waals surface area contributed by atoms with Crippen LogP contribution in [0.2, 0.25) is 5.02 Å². The molecule has 0 aliphatic rings. The number of nitrogens with one attached hydrogen (secondary N) is 1. The van der Waals surface area contributed by atoms with Crippen LogP contribution in [0.4, 0.5) is 0 Å². The highest BCUT2D eigenvalue weighted by atomic mass is 35.5. The first-order valence-corrected chi connectivity index (χ1v) is 5.19. The van der Waals surface area contributed by atoms with Crippen molar-refractivity contribution >= 4 is 22.5 Å². The van der Waals surface area contributed by atoms with Crippen LogP contribution in [0.1, 0.15) is 18.3 Å². The van der Waals surface area contributed by atoms with Gasteiger partial charge in [-0.15, -0.1) is 0 Å². The highest BCUT2D eigenvalue weighted by Crippen LogP contribution is 2.21. The van der Waals surface area contributed by atoms with Gasteiger partial charge >= 0.3 is 0 Å². The summed E-state index contributed by atoms with van der Waals surface area (Å²) in [6.45, 7) is 3.81. The van der Waals surface area contributed by atoms with Gasteiger partial charge in [-0.2, -0.15) is 0 Å². The van der Waals surface area contributed by atoms with Gasteiger partial charge in [0.15, 0.2) is 0 Å². The summed E-state index contributed by atoms with van der Waals surface area (Å²) in [5, 5.41) is 1.11. The van der Waals surface area contributed by atoms with Gasteiger partial charge in [-0.1, -0.05) is 24.6 Å². The zero-order valence-electron chi connectivity index (χ0n) is 8.60. The number of aromatic amines is 1. The van der Waals surface area contributed by atoms with E-state index in [1.807, 2.05) is 19.9 Å². The second kappa shape index (κ2) is 3.66. The Balaban J connectivity index is 2.97. The predicted octanol–water partition coefficient (Wildman–Crippen LogP) is 2.45. The fraction of sp³-hybridized carbons (Fsp3) is 0.273. The summed E-state index contributed by atoms with van der Waals surface area (Å²) in [5.74, 6) is 0.667. The Kier molecular flexibility index (Phi) is 2.49. The molecule has 0 unspecified atom stereocenters. The third-order valence-corrected chi connectivity index (χ3v) is 2.71. The molecule has 15 heavy (non-hydrogen) atoms. The van der Waals surface area contributed by atoms with Gasteiger partial charge in [0.05, 0.1) is 15.9 Å². The van der Waals surface area contributed by atoms with E-state index in [9.17, 15) is 4.79 Å². The topological polar surface area (TPSA) is 45.8 Å². The molecule has 0 saturated carbocycles. The van der Waals surface area contributed by atoms with E-state index < -0.39 is 0 Å². The summed E-state index contributed by atoms with van der Waals surface area (Å²) >= 11 is 6.01. The van der Waals surface area contributed by atoms with Crippen molar-refractivity contribution in [2.75, 3.05) is 0 Å². The normalized spacial score (nSPS) is 10.9. The van der Waals surface area contributed by atoms with Crippen LogP contribution in [0.25, 0.3) is 10.9 Å². The molecule has 0 bridgehead atoms. The van der Waals surface area contributed by atoms with E-state index in [4.69, 9.17) is 11.6 Å². The molecule has 0 spiro atoms. The van der Waals surface area contributed by atoms with Crippen LogP contribution in [0.5, 0.6) is 0 Å². The van der Waals surface area contributed by atoms with Gasteiger partial charge in [-0.05, 0) is 18.6 Å². The zero-order valence-corrected chi connectivity index (χ0v) is 9.35. The Bertz CT molecular complexity index is 575. The van der Waals surface area contributed by atoms with Crippen molar-refractivity contribution in [3.05, 3.63) is 38.9 Å². The van der Waals surface area contributed by atoms with E-state index in [0.717, 1.165) is 5.56 Å². The highest BCUT2D eigenvalue weighted by molar-refractivity contribution is 6.35. The molecular formula is C11H11ClN2O. The Morgan fingerprint density at radius 1 is 1.47 bits per heavy atom. The minimum absolute atomic E-state index is 0.114. The monoisotopic (exact) mass is 222 g/mol. The van der Waals surface area contributed by atoms with Gasteiger partial charge < -0.3 is 4.98 Å². The Morgan fingerprint density at radius 2 is 2.20 bits per heavy atom. The molecule has 0 radical (unpaired) electrons. The Labute approximate surface area is 92.1 Å². The zero-order chi connectivity index (χ0) is 11.0. The molecule has 0 saturated heterocycles. The summed E-state index contributed by atoms with van der Waals surface area (Å²) in [6.07, 6.45) is 0.690. The minimum Gasteiger partial charge on any atom is -0.310 e. The summed E-state index contributed by atoms with van der Waals surface area (Å²) in [4.78, 5) is 18.8. The molecule has 2 aromatic rings. The van der Waals surface area contributed by atoms with Crippen molar-refractivity contribution in [1.82, 2.24) is 9.97 Å². The minimum atomic E-state index is -0.114. The lowest BCUT2D eigenvalue weighted by Gasteiger charge is -2.04. The van der Waals surface area contributed by atoms with Crippen molar-refractivity contribution in [2.45, 2.75) is 20.3 Å². The third kappa shape index (κ3) is 1.63. The number of hydrogen-bond acceptors (Lipinski definition) is 2. The summed E-state index contributed by atoms with van der Waals surface area (Å²) in [6, 6.07) is 3.60. The second-order valence-corrected chi connectivity index (χ2v) is 3.86. The van der Waals surface area contributed by atoms with E-state index in [-0.39, 0.29) is 5.56 Å². The molecule has 3 nitrogen and oxygen atoms in total. The summed E-state index contributed by atoms with van der Waals surface area (Å²) < 4.78 is 0. The lowest BCUT2D eigenvalue weighted by Crippen LogP contribution is -2.12. The molecule has 0 aliphatic carbocycles. The Hall–Kier alpha value is -1.35. The quantitative estimate of drug-likeness (QED) is 0.806. The maximum absolute atomic E-state index is 11.8. The smallest absolute Gasteiger partial charge is 0.259 e. The maximum atomic E-state index is 11.8. The van der Waals surface area contributed by atoms with Gasteiger partial charge in [0.2, 0.25) is 0 Å². The summed E-state index contributed by atoms with van der Waals surface area (Å²) in [5.41, 5.74) is 1.37. The van der Waals surface area contributed by atoms with Crippen molar-refractivity contribution in [3.8, 4) is 0 Å². The molecule has 0 amide bonds. The number of aryl methyl sites for hydroxylation is 2. The van der Waals surface area contributed by atoms with E-state index in [0.29, 0.717) is 28.2 Å². The van der Waals surface area contributed by atoms with E-state index >= 15 is 0 Å². The molecule has 1 aromatic heterocycles. The van der Waals surface area contributed by atoms with Crippen LogP contribution >= 0.6 is 11.6 Å². The number of rotatable bonds is 1. The molecule has 1 heterocycles. The van der Waals surface area contributed by atoms with Gasteiger partial charge in [0.1, 0.15) is 5.82 Å². The predicted molar refractivity (Wildman–Crippen MR) is 61.5 cm³/mol. The lowest BCUT2D eigenvalue weighted by atomic mass is 10.1. The van der Waals surface area contributed by atoms with Crippen LogP contribution < -0.4 is 5.56 Å². The Morgan fingerprint density at radius 3 is 2.87 bits per heavy atom. The molecule has 4 heteroatoms. The number of halogens is 1. The standard InChI is InChI=1S/C11H11ClN2O/c1-3-8-13-10-7(12)5-4-6(2)9(10)11(15)14-8/h4-5H,3H2,1-2H3,(H,13,14,15). The molecule has 0 fully saturated rings. The van der Waals surface area contributed by atoms with Gasteiger partial charge in [-0.3, -0.25) is 4.79 Å². The third-order valence-electron chi connectivity index (χ3n) is 2.40. The average Bonchev–Trinajstić information content (AvgIpc) is 2.23. The number of benzene rings is 1. The number of fused-ring (bicyclic) bond motifs is 1. The van der Waals surface area contributed by atoms with Gasteiger partial charge in [0.25, 0.3) is 5.56 Å². The summed E-state index contributed by atoms with van der Waals surface area (Å²) in [7, 11) is 0. The van der Waals surface area contributed by atoms with Gasteiger partial charge in [0, 0.05) is 6.42 Å². The first-order chi connectivity index (χ1) is 7.13. The van der Waals surface area contributed by atoms with E-state index in [1.165, 1.54) is 0 Å². The number of aromatic nitrogens is 2. The fourth-order valence-corrected chi connectivity index (χ4v) is 1.79. The largest absolute Gasteiger partial charge is 0.310 e. The number of nitrogens with zero attached hydrogens (tertiary/aromatic N) is 1. The molecule has 78 valence electrons. The van der Waals surface area contributed by atoms with Crippen molar-refractivity contribution in [2.24, 2.45) is 0 Å². The lowest BCUT2D eigenvalue weighted by molar-refractivity contribution is 0.943. The first kappa shape index (κ1) is 10.2. The van der Waals surface area contributed by atoms with E-state index in [2.05, 4.69) is 9.97 Å². The number of H-pyrrole nitrogens is 1. The highest BCUT2D eigenvalue weighted by Gasteiger charge is 2.08. The molecule has 1 aromatic carbocycles. The molecule has 2 rings (SSSR count). The molecular weight excluding hydrogens is 212 g/mol. The van der Waals surface area contributed by atoms with Crippen molar-refractivity contribution < 1.29 is 0 Å². The average molecular weight is 223 g/mol. The van der Waals surface area contributed by atoms with Crippen LogP contribution in [-0.4, -0.2) is 9.97 Å². The number of hydrogen-bond donors (Lipinski definition) is 1.